The Morgan fingerprint density at radius 3 is 1.04 bits per heavy atom. The molecule has 8 fully saturated rings. The lowest BCUT2D eigenvalue weighted by atomic mass is 9.76. The average Bonchev–Trinajstić information content (AvgIpc) is 1.62. The zero-order valence-electron chi connectivity index (χ0n) is 87.1. The van der Waals surface area contributed by atoms with Crippen LogP contribution in [-0.4, -0.2) is 230 Å². The number of carbonyl (C=O) groups is 12. The van der Waals surface area contributed by atoms with Crippen LogP contribution in [0.15, 0.2) is 79.3 Å². The normalized spacial score (nSPS) is 20.5. The van der Waals surface area contributed by atoms with E-state index in [2.05, 4.69) is 25.8 Å². The molecular formula is C113H152Cl5F2N13O12. The minimum Gasteiger partial charge on any atom is -0.345 e. The zero-order valence-corrected chi connectivity index (χ0v) is 90.9. The van der Waals surface area contributed by atoms with Crippen molar-refractivity contribution in [2.24, 2.45) is 47.3 Å². The summed E-state index contributed by atoms with van der Waals surface area (Å²) in [5.74, 6) is -1.08. The molecule has 4 aromatic heterocycles. The Morgan fingerprint density at radius 1 is 0.359 bits per heavy atom. The van der Waals surface area contributed by atoms with Gasteiger partial charge in [-0.1, -0.05) is 135 Å². The topological polar surface area (TPSA) is 289 Å². The number of benzene rings is 4. The molecule has 4 aromatic carbocycles. The molecule has 790 valence electrons. The number of fused-ring (bicyclic) bond motifs is 4. The number of nitrogens with zero attached hydrogens (tertiary/aromatic N) is 9. The van der Waals surface area contributed by atoms with E-state index in [0.29, 0.717) is 106 Å². The first-order valence-electron chi connectivity index (χ1n) is 53.3. The van der Waals surface area contributed by atoms with Gasteiger partial charge in [-0.3, -0.25) is 57.5 Å². The van der Waals surface area contributed by atoms with Gasteiger partial charge < -0.3 is 64.0 Å². The number of ketones is 7. The molecule has 32 heteroatoms. The van der Waals surface area contributed by atoms with E-state index in [1.807, 2.05) is 91.5 Å². The van der Waals surface area contributed by atoms with Gasteiger partial charge in [-0.15, -0.1) is 0 Å². The number of hydrogen-bond donors (Lipinski definition) is 4. The number of hydrogen-bond acceptors (Lipinski definition) is 16. The van der Waals surface area contributed by atoms with Crippen LogP contribution < -0.4 is 21.3 Å². The first kappa shape index (κ1) is 113. The maximum absolute atomic E-state index is 14.9. The van der Waals surface area contributed by atoms with E-state index in [1.165, 1.54) is 64.7 Å². The number of carbonyl (C=O) groups excluding carboxylic acids is 12. The third-order valence-electron chi connectivity index (χ3n) is 33.2. The number of amides is 5. The van der Waals surface area contributed by atoms with E-state index in [9.17, 15) is 66.3 Å². The molecule has 0 bridgehead atoms. The number of rotatable bonds is 36. The van der Waals surface area contributed by atoms with Gasteiger partial charge in [0, 0.05) is 207 Å². The van der Waals surface area contributed by atoms with Gasteiger partial charge in [0.05, 0.1) is 61.9 Å². The Hall–Kier alpha value is -8.77. The smallest absolute Gasteiger partial charge is 0.255 e. The molecule has 4 aliphatic carbocycles. The van der Waals surface area contributed by atoms with E-state index < -0.39 is 11.6 Å². The molecule has 4 saturated heterocycles. The van der Waals surface area contributed by atoms with Gasteiger partial charge in [-0.25, -0.2) is 8.78 Å². The van der Waals surface area contributed by atoms with Gasteiger partial charge in [0.25, 0.3) is 5.91 Å². The summed E-state index contributed by atoms with van der Waals surface area (Å²) >= 11 is 31.3. The molecular weight excluding hydrogens is 1950 g/mol. The quantitative estimate of drug-likeness (QED) is 0.0265. The van der Waals surface area contributed by atoms with Crippen molar-refractivity contribution in [2.75, 3.05) is 68.5 Å². The van der Waals surface area contributed by atoms with Gasteiger partial charge in [-0.2, -0.15) is 0 Å². The number of nitrogens with one attached hydrogen (secondary N) is 4. The van der Waals surface area contributed by atoms with Crippen molar-refractivity contribution in [1.82, 2.24) is 64.0 Å². The molecule has 8 heterocycles. The zero-order chi connectivity index (χ0) is 105. The van der Waals surface area contributed by atoms with Crippen LogP contribution in [0.4, 0.5) is 8.78 Å². The fraction of sp³-hybridized carbons (Fsp3) is 0.611. The van der Waals surface area contributed by atoms with Crippen LogP contribution >= 0.6 is 58.0 Å². The van der Waals surface area contributed by atoms with Gasteiger partial charge in [0.1, 0.15) is 34.1 Å². The van der Waals surface area contributed by atoms with E-state index in [0.717, 1.165) is 182 Å². The maximum Gasteiger partial charge on any atom is 0.255 e. The molecule has 145 heavy (non-hydrogen) atoms. The van der Waals surface area contributed by atoms with E-state index in [1.54, 1.807) is 77.8 Å². The van der Waals surface area contributed by atoms with E-state index in [-0.39, 0.29) is 200 Å². The molecule has 16 rings (SSSR count). The van der Waals surface area contributed by atoms with Crippen LogP contribution in [0.5, 0.6) is 0 Å². The minimum atomic E-state index is -0.591. The summed E-state index contributed by atoms with van der Waals surface area (Å²) in [5.41, 5.74) is 4.86. The predicted octanol–water partition coefficient (Wildman–Crippen LogP) is 21.4. The van der Waals surface area contributed by atoms with E-state index in [4.69, 9.17) is 58.0 Å². The molecule has 8 aliphatic rings. The monoisotopic (exact) mass is 2100 g/mol. The Balaban J connectivity index is 0.000000162. The van der Waals surface area contributed by atoms with Crippen LogP contribution in [0.3, 0.4) is 0 Å². The van der Waals surface area contributed by atoms with Gasteiger partial charge in [-0.05, 0) is 264 Å². The third-order valence-corrected chi connectivity index (χ3v) is 34.6. The lowest BCUT2D eigenvalue weighted by Gasteiger charge is -2.35. The van der Waals surface area contributed by atoms with Crippen LogP contribution in [0.2, 0.25) is 25.2 Å². The lowest BCUT2D eigenvalue weighted by molar-refractivity contribution is -0.142. The Labute approximate surface area is 878 Å². The van der Waals surface area contributed by atoms with Crippen molar-refractivity contribution in [3.63, 3.8) is 0 Å². The van der Waals surface area contributed by atoms with Gasteiger partial charge >= 0.3 is 0 Å². The predicted molar refractivity (Wildman–Crippen MR) is 573 cm³/mol. The summed E-state index contributed by atoms with van der Waals surface area (Å²) in [7, 11) is 10.6. The van der Waals surface area contributed by atoms with Crippen molar-refractivity contribution in [2.45, 2.75) is 328 Å². The lowest BCUT2D eigenvalue weighted by Crippen LogP contribution is -2.45. The van der Waals surface area contributed by atoms with Crippen LogP contribution in [0, 0.1) is 59.0 Å². The SMILES string of the molecule is CNC(C)C(=O)CC(C(=O)N1CCCC1Cn1c(Cl)c(C(C)=O)c2cc(Cl)ccc21)C1CCCCC1.CNC(C)C(=O)CC(C(=O)N1CCCC1Cn1cc(C(=O)N(C)C)c2cc(Cl)ccc21)C1CCCCC1.CNC(C)C(=O)CC(C(=O)N1CCCC1Cn1cc(C(C)=O)c2c(F)c(Cl)ccc21)C1CCCCC1.CNC(C)C(=O)CC(C(=O)N1CCCC1Cn1cc(C(C)=O)c2cc(Cl)c(F)cc21)C1CCCCC1. The number of aromatic nitrogens is 4. The molecule has 0 radical (unpaired) electrons. The molecule has 5 amide bonds. The van der Waals surface area contributed by atoms with Crippen molar-refractivity contribution >= 4 is 172 Å². The minimum absolute atomic E-state index is 0.0174. The van der Waals surface area contributed by atoms with Crippen molar-refractivity contribution in [3.8, 4) is 0 Å². The number of halogens is 7. The van der Waals surface area contributed by atoms with Gasteiger partial charge in [0.2, 0.25) is 23.6 Å². The summed E-state index contributed by atoms with van der Waals surface area (Å²) in [5, 5.41) is 16.0. The molecule has 12 atom stereocenters. The standard InChI is InChI=1S/C29H41ClN4O3.C28H37Cl2N3O3.2C28H37ClFN3O3/c1-19(31-2)27(35)16-23(20-9-6-5-7-10-20)29(37)34-14-8-11-22(34)17-33-18-25(28(36)32(3)4)24-15-21(30)12-13-26(24)33;1-17(31-3)25(35)15-22(19-8-5-4-6-9-19)28(36)32-13-7-10-21(32)16-33-24-12-11-20(29)14-23(24)26(18(2)34)27(33)30;1-17(31-3)25(35)14-21(19-8-5-4-6-9-19)28(36)33-13-7-10-20(33)15-32-16-22(18(2)34)26-24(32)12-11-23(29)27(26)30;1-17(31-3)27(35)13-21(19-8-5-4-6-9-19)28(36)33-11-7-10-20(33)15-32-16-23(18(2)34)22-12-24(29)25(30)14-26(22)32/h12-13,15,18-20,22-23,31H,5-11,14,16-17H2,1-4H3;11-12,14,17,19,21-22,31H,4-10,13,15-16H2,1-3H3;11-12,16-17,19-21,31H,4-10,13-15H2,1-3H3;12,14,16-17,19-21,31H,4-11,13,15H2,1-3H3. The van der Waals surface area contributed by atoms with Gasteiger partial charge in [0.15, 0.2) is 23.2 Å². The van der Waals surface area contributed by atoms with E-state index >= 15 is 0 Å². The second kappa shape index (κ2) is 52.1. The molecule has 4 aliphatic heterocycles. The first-order valence-corrected chi connectivity index (χ1v) is 55.2. The highest BCUT2D eigenvalue weighted by Gasteiger charge is 2.46. The first-order chi connectivity index (χ1) is 69.4. The van der Waals surface area contributed by atoms with Crippen LogP contribution in [-0.2, 0) is 64.5 Å². The van der Waals surface area contributed by atoms with Crippen molar-refractivity contribution in [1.29, 1.82) is 0 Å². The molecule has 4 N–H and O–H groups in total. The van der Waals surface area contributed by atoms with Crippen molar-refractivity contribution in [3.05, 3.63) is 138 Å². The number of Topliss-reactive ketones (excluding diaryl/α,β-unsaturated/α-hetero) is 7. The Kier molecular flexibility index (Phi) is 40.7. The highest BCUT2D eigenvalue weighted by atomic mass is 35.5. The second-order valence-electron chi connectivity index (χ2n) is 42.6. The third kappa shape index (κ3) is 27.0. The summed E-state index contributed by atoms with van der Waals surface area (Å²) in [6.45, 7) is 16.6. The highest BCUT2D eigenvalue weighted by molar-refractivity contribution is 6.37. The summed E-state index contributed by atoms with van der Waals surface area (Å²) < 4.78 is 37.0. The molecule has 0 spiro atoms. The molecule has 25 nitrogen and oxygen atoms in total. The molecule has 8 aromatic rings. The summed E-state index contributed by atoms with van der Waals surface area (Å²) in [6, 6.07) is 16.0. The maximum atomic E-state index is 14.9. The average molecular weight is 2100 g/mol. The Morgan fingerprint density at radius 2 is 0.683 bits per heavy atom. The summed E-state index contributed by atoms with van der Waals surface area (Å²) in [4.78, 5) is 167. The fourth-order valence-corrected chi connectivity index (χ4v) is 25.4. The summed E-state index contributed by atoms with van der Waals surface area (Å²) in [6.07, 6.45) is 35.2. The largest absolute Gasteiger partial charge is 0.345 e. The number of likely N-dealkylation sites (tertiary alicyclic amines) is 4. The molecule has 12 unspecified atom stereocenters. The fourth-order valence-electron chi connectivity index (χ4n) is 24.3. The Bertz CT molecular complexity index is 5900. The van der Waals surface area contributed by atoms with Crippen LogP contribution in [0.25, 0.3) is 43.6 Å². The highest BCUT2D eigenvalue weighted by Crippen LogP contribution is 2.44. The van der Waals surface area contributed by atoms with Crippen LogP contribution in [0.1, 0.15) is 295 Å². The van der Waals surface area contributed by atoms with Crippen molar-refractivity contribution < 1.29 is 66.3 Å². The number of likely N-dealkylation sites (N-methyl/N-ethyl adjacent to an activating group) is 4. The molecule has 4 saturated carbocycles. The second-order valence-corrected chi connectivity index (χ2v) is 44.7.